The highest BCUT2D eigenvalue weighted by atomic mass is 16.5. The van der Waals surface area contributed by atoms with Crippen LogP contribution in [-0.2, 0) is 11.8 Å². The molecule has 0 radical (unpaired) electrons. The van der Waals surface area contributed by atoms with Crippen LogP contribution >= 0.6 is 0 Å². The van der Waals surface area contributed by atoms with Gasteiger partial charge < -0.3 is 25.2 Å². The summed E-state index contributed by atoms with van der Waals surface area (Å²) in [6, 6.07) is 12.1. The van der Waals surface area contributed by atoms with Crippen molar-refractivity contribution in [3.63, 3.8) is 0 Å². The Labute approximate surface area is 221 Å². The first-order chi connectivity index (χ1) is 18.4. The lowest BCUT2D eigenvalue weighted by Crippen LogP contribution is -2.34. The summed E-state index contributed by atoms with van der Waals surface area (Å²) in [6.07, 6.45) is 5.85. The minimum Gasteiger partial charge on any atom is -0.494 e. The normalized spacial score (nSPS) is 15.4. The molecule has 4 aromatic rings. The first-order valence-electron chi connectivity index (χ1n) is 12.5. The average Bonchev–Trinajstić information content (AvgIpc) is 3.53. The summed E-state index contributed by atoms with van der Waals surface area (Å²) in [4.78, 5) is 26.0. The Bertz CT molecular complexity index is 1500. The Balaban J connectivity index is 1.48. The van der Waals surface area contributed by atoms with Crippen LogP contribution in [0.15, 0.2) is 61.4 Å². The van der Waals surface area contributed by atoms with E-state index in [0.717, 1.165) is 47.4 Å². The monoisotopic (exact) mass is 512 g/mol. The molecule has 0 saturated carbocycles. The van der Waals surface area contributed by atoms with Crippen molar-refractivity contribution in [3.8, 4) is 17.0 Å². The Morgan fingerprint density at radius 2 is 2.05 bits per heavy atom. The zero-order chi connectivity index (χ0) is 26.8. The van der Waals surface area contributed by atoms with E-state index in [1.807, 2.05) is 55.3 Å². The number of rotatable bonds is 8. The standard InChI is InChI=1S/C28H32N8O2/c1-6-27(37)31-22-14-23(26(38-5)15-25(22)35(3)20-10-12-34(2)17-20)33-28-29-11-9-21(32-28)18-7-8-24-19(13-18)16-30-36(24)4/h6-9,11,13-16,20H,1,10,12,17H2,2-5H3,(H,31,37)(H,29,32,33). The number of carbonyl (C=O) groups excluding carboxylic acids is 1. The lowest BCUT2D eigenvalue weighted by Gasteiger charge is -2.29. The Morgan fingerprint density at radius 1 is 1.21 bits per heavy atom. The number of benzene rings is 2. The molecule has 10 heteroatoms. The van der Waals surface area contributed by atoms with Gasteiger partial charge in [-0.3, -0.25) is 9.48 Å². The summed E-state index contributed by atoms with van der Waals surface area (Å²) in [6.45, 7) is 5.58. The topological polar surface area (TPSA) is 100 Å². The number of carbonyl (C=O) groups is 1. The van der Waals surface area contributed by atoms with Crippen LogP contribution in [0.5, 0.6) is 5.75 Å². The van der Waals surface area contributed by atoms with Gasteiger partial charge in [-0.15, -0.1) is 0 Å². The molecule has 0 spiro atoms. The molecule has 1 atom stereocenters. The number of methoxy groups -OCH3 is 1. The van der Waals surface area contributed by atoms with Crippen molar-refractivity contribution in [1.82, 2.24) is 24.6 Å². The van der Waals surface area contributed by atoms with E-state index in [9.17, 15) is 4.79 Å². The average molecular weight is 513 g/mol. The highest BCUT2D eigenvalue weighted by Gasteiger charge is 2.26. The smallest absolute Gasteiger partial charge is 0.247 e. The van der Waals surface area contributed by atoms with Crippen LogP contribution in [0.25, 0.3) is 22.2 Å². The maximum absolute atomic E-state index is 12.3. The molecule has 38 heavy (non-hydrogen) atoms. The van der Waals surface area contributed by atoms with Gasteiger partial charge in [0.05, 0.1) is 41.6 Å². The molecule has 0 aliphatic carbocycles. The molecule has 10 nitrogen and oxygen atoms in total. The largest absolute Gasteiger partial charge is 0.494 e. The second-order valence-corrected chi connectivity index (χ2v) is 9.51. The lowest BCUT2D eigenvalue weighted by atomic mass is 10.1. The van der Waals surface area contributed by atoms with Gasteiger partial charge in [0.1, 0.15) is 5.75 Å². The van der Waals surface area contributed by atoms with Gasteiger partial charge in [-0.05, 0) is 50.4 Å². The second kappa shape index (κ2) is 10.5. The number of ether oxygens (including phenoxy) is 1. The van der Waals surface area contributed by atoms with Crippen LogP contribution in [0.3, 0.4) is 0 Å². The molecular weight excluding hydrogens is 480 g/mol. The first-order valence-corrected chi connectivity index (χ1v) is 12.5. The predicted octanol–water partition coefficient (Wildman–Crippen LogP) is 4.05. The van der Waals surface area contributed by atoms with Crippen molar-refractivity contribution in [3.05, 3.63) is 61.4 Å². The fourth-order valence-corrected chi connectivity index (χ4v) is 4.86. The van der Waals surface area contributed by atoms with E-state index in [-0.39, 0.29) is 5.91 Å². The van der Waals surface area contributed by atoms with Crippen LogP contribution in [0.4, 0.5) is 23.0 Å². The fourth-order valence-electron chi connectivity index (χ4n) is 4.86. The summed E-state index contributed by atoms with van der Waals surface area (Å²) in [5.41, 5.74) is 4.92. The van der Waals surface area contributed by atoms with Crippen molar-refractivity contribution in [2.24, 2.45) is 7.05 Å². The molecule has 1 fully saturated rings. The van der Waals surface area contributed by atoms with E-state index in [0.29, 0.717) is 29.1 Å². The Morgan fingerprint density at radius 3 is 2.79 bits per heavy atom. The number of hydrogen-bond donors (Lipinski definition) is 2. The minimum absolute atomic E-state index is 0.289. The number of nitrogens with one attached hydrogen (secondary N) is 2. The molecule has 1 aliphatic rings. The van der Waals surface area contributed by atoms with E-state index in [4.69, 9.17) is 9.72 Å². The van der Waals surface area contributed by atoms with Gasteiger partial charge in [0.2, 0.25) is 11.9 Å². The summed E-state index contributed by atoms with van der Waals surface area (Å²) >= 11 is 0. The number of aryl methyl sites for hydroxylation is 1. The highest BCUT2D eigenvalue weighted by Crippen LogP contribution is 2.39. The zero-order valence-corrected chi connectivity index (χ0v) is 22.1. The van der Waals surface area contributed by atoms with Crippen LogP contribution in [0.2, 0.25) is 0 Å². The van der Waals surface area contributed by atoms with Crippen molar-refractivity contribution in [1.29, 1.82) is 0 Å². The fraction of sp³-hybridized carbons (Fsp3) is 0.286. The summed E-state index contributed by atoms with van der Waals surface area (Å²) in [5.74, 6) is 0.732. The van der Waals surface area contributed by atoms with Gasteiger partial charge in [0.15, 0.2) is 0 Å². The quantitative estimate of drug-likeness (QED) is 0.341. The molecule has 2 aromatic heterocycles. The summed E-state index contributed by atoms with van der Waals surface area (Å²) < 4.78 is 7.59. The van der Waals surface area contributed by atoms with Crippen molar-refractivity contribution >= 4 is 39.8 Å². The molecule has 5 rings (SSSR count). The van der Waals surface area contributed by atoms with Crippen molar-refractivity contribution in [2.45, 2.75) is 12.5 Å². The summed E-state index contributed by atoms with van der Waals surface area (Å²) in [7, 11) is 7.70. The van der Waals surface area contributed by atoms with E-state index in [1.165, 1.54) is 6.08 Å². The van der Waals surface area contributed by atoms with E-state index < -0.39 is 0 Å². The summed E-state index contributed by atoms with van der Waals surface area (Å²) in [5, 5.41) is 11.6. The van der Waals surface area contributed by atoms with Crippen molar-refractivity contribution < 1.29 is 9.53 Å². The van der Waals surface area contributed by atoms with Crippen LogP contribution < -0.4 is 20.3 Å². The molecule has 196 valence electrons. The molecule has 1 aliphatic heterocycles. The number of likely N-dealkylation sites (N-methyl/N-ethyl adjacent to an activating group) is 2. The third-order valence-electron chi connectivity index (χ3n) is 7.00. The van der Waals surface area contributed by atoms with Crippen LogP contribution in [0.1, 0.15) is 6.42 Å². The lowest BCUT2D eigenvalue weighted by molar-refractivity contribution is -0.111. The Kier molecular flexibility index (Phi) is 6.97. The number of likely N-dealkylation sites (tertiary alicyclic amines) is 1. The molecule has 1 amide bonds. The SMILES string of the molecule is C=CC(=O)Nc1cc(Nc2nccc(-c3ccc4c(cnn4C)c3)n2)c(OC)cc1N(C)C1CCN(C)C1. The highest BCUT2D eigenvalue weighted by molar-refractivity contribution is 6.02. The predicted molar refractivity (Wildman–Crippen MR) is 151 cm³/mol. The van der Waals surface area contributed by atoms with Gasteiger partial charge in [0.25, 0.3) is 0 Å². The molecule has 2 aromatic carbocycles. The van der Waals surface area contributed by atoms with Crippen LogP contribution in [-0.4, -0.2) is 70.9 Å². The maximum atomic E-state index is 12.3. The molecule has 0 bridgehead atoms. The van der Waals surface area contributed by atoms with E-state index >= 15 is 0 Å². The number of amides is 1. The van der Waals surface area contributed by atoms with Gasteiger partial charge in [0, 0.05) is 49.9 Å². The van der Waals surface area contributed by atoms with Crippen LogP contribution in [0, 0.1) is 0 Å². The van der Waals surface area contributed by atoms with Gasteiger partial charge in [-0.1, -0.05) is 12.6 Å². The van der Waals surface area contributed by atoms with Gasteiger partial charge in [-0.25, -0.2) is 9.97 Å². The minimum atomic E-state index is -0.289. The van der Waals surface area contributed by atoms with Gasteiger partial charge in [-0.2, -0.15) is 5.10 Å². The number of aromatic nitrogens is 4. The molecule has 2 N–H and O–H groups in total. The third-order valence-corrected chi connectivity index (χ3v) is 7.00. The molecular formula is C28H32N8O2. The number of anilines is 4. The molecule has 1 unspecified atom stereocenters. The third kappa shape index (κ3) is 5.03. The number of nitrogens with zero attached hydrogens (tertiary/aromatic N) is 6. The number of hydrogen-bond acceptors (Lipinski definition) is 8. The maximum Gasteiger partial charge on any atom is 0.247 e. The van der Waals surface area contributed by atoms with Gasteiger partial charge >= 0.3 is 0 Å². The molecule has 1 saturated heterocycles. The second-order valence-electron chi connectivity index (χ2n) is 9.51. The molecule has 3 heterocycles. The van der Waals surface area contributed by atoms with E-state index in [1.54, 1.807) is 13.3 Å². The first kappa shape index (κ1) is 25.2. The van der Waals surface area contributed by atoms with E-state index in [2.05, 4.69) is 50.2 Å². The Hall–Kier alpha value is -4.44. The van der Waals surface area contributed by atoms with Crippen molar-refractivity contribution in [2.75, 3.05) is 49.8 Å². The number of fused-ring (bicyclic) bond motifs is 1. The zero-order valence-electron chi connectivity index (χ0n) is 22.1.